The molecule has 0 saturated heterocycles. The molecule has 0 heterocycles. The number of carbonyl (C=O) groups excluding carboxylic acids is 1. The maximum Gasteiger partial charge on any atom is 0.232 e. The van der Waals surface area contributed by atoms with E-state index in [0.717, 1.165) is 16.1 Å². The number of rotatable bonds is 10. The number of methoxy groups -OCH3 is 2. The van der Waals surface area contributed by atoms with Gasteiger partial charge >= 0.3 is 0 Å². The van der Waals surface area contributed by atoms with Crippen molar-refractivity contribution in [1.29, 1.82) is 0 Å². The van der Waals surface area contributed by atoms with Crippen LogP contribution in [0.1, 0.15) is 31.4 Å². The van der Waals surface area contributed by atoms with Gasteiger partial charge in [0.25, 0.3) is 0 Å². The molecule has 0 fully saturated rings. The normalized spacial score (nSPS) is 12.2. The first-order valence-corrected chi connectivity index (χ1v) is 11.2. The zero-order valence-electron chi connectivity index (χ0n) is 17.5. The van der Waals surface area contributed by atoms with Crippen LogP contribution in [0.2, 0.25) is 0 Å². The molecule has 7 nitrogen and oxygen atoms in total. The lowest BCUT2D eigenvalue weighted by Gasteiger charge is -2.22. The number of nitrogens with one attached hydrogen (secondary N) is 1. The minimum absolute atomic E-state index is 0.106. The van der Waals surface area contributed by atoms with Gasteiger partial charge in [-0.25, -0.2) is 12.8 Å². The summed E-state index contributed by atoms with van der Waals surface area (Å²) >= 11 is 0. The van der Waals surface area contributed by atoms with Gasteiger partial charge in [-0.2, -0.15) is 0 Å². The fourth-order valence-electron chi connectivity index (χ4n) is 3.05. The predicted molar refractivity (Wildman–Crippen MR) is 114 cm³/mol. The van der Waals surface area contributed by atoms with E-state index in [1.54, 1.807) is 32.4 Å². The van der Waals surface area contributed by atoms with Crippen LogP contribution in [0.3, 0.4) is 0 Å². The van der Waals surface area contributed by atoms with Crippen LogP contribution in [0.25, 0.3) is 0 Å². The molecule has 2 aromatic rings. The van der Waals surface area contributed by atoms with Crippen LogP contribution in [0.15, 0.2) is 42.5 Å². The van der Waals surface area contributed by atoms with Gasteiger partial charge in [0.05, 0.1) is 32.2 Å². The third-order valence-corrected chi connectivity index (χ3v) is 5.75. The van der Waals surface area contributed by atoms with Crippen molar-refractivity contribution in [1.82, 2.24) is 5.32 Å². The number of ether oxygens (including phenoxy) is 2. The number of anilines is 1. The molecule has 2 rings (SSSR count). The van der Waals surface area contributed by atoms with Gasteiger partial charge in [0.1, 0.15) is 17.3 Å². The van der Waals surface area contributed by atoms with Crippen molar-refractivity contribution in [2.75, 3.05) is 31.3 Å². The molecule has 0 aliphatic heterocycles. The van der Waals surface area contributed by atoms with Gasteiger partial charge in [-0.15, -0.1) is 0 Å². The highest BCUT2D eigenvalue weighted by Crippen LogP contribution is 2.29. The molecule has 1 unspecified atom stereocenters. The van der Waals surface area contributed by atoms with Crippen molar-refractivity contribution >= 4 is 21.6 Å². The number of amides is 1. The molecular formula is C21H27FN2O5S. The SMILES string of the molecule is COc1ccc(OC)c(C(C)NC(=O)CCCN(c2ccc(F)cc2)S(C)(=O)=O)c1. The first-order chi connectivity index (χ1) is 14.2. The Morgan fingerprint density at radius 1 is 1.13 bits per heavy atom. The molecule has 164 valence electrons. The predicted octanol–water partition coefficient (Wildman–Crippen LogP) is 3.27. The molecule has 1 atom stereocenters. The van der Waals surface area contributed by atoms with Crippen molar-refractivity contribution in [3.8, 4) is 11.5 Å². The average Bonchev–Trinajstić information content (AvgIpc) is 2.70. The lowest BCUT2D eigenvalue weighted by Crippen LogP contribution is -2.32. The van der Waals surface area contributed by atoms with Gasteiger partial charge in [-0.3, -0.25) is 9.10 Å². The van der Waals surface area contributed by atoms with Crippen molar-refractivity contribution in [2.24, 2.45) is 0 Å². The summed E-state index contributed by atoms with van der Waals surface area (Å²) in [5, 5.41) is 2.89. The smallest absolute Gasteiger partial charge is 0.232 e. The van der Waals surface area contributed by atoms with Gasteiger partial charge < -0.3 is 14.8 Å². The second kappa shape index (κ2) is 10.3. The van der Waals surface area contributed by atoms with Crippen LogP contribution in [-0.2, 0) is 14.8 Å². The van der Waals surface area contributed by atoms with Crippen LogP contribution in [0.5, 0.6) is 11.5 Å². The minimum atomic E-state index is -3.56. The summed E-state index contributed by atoms with van der Waals surface area (Å²) in [6, 6.07) is 10.2. The highest BCUT2D eigenvalue weighted by atomic mass is 32.2. The van der Waals surface area contributed by atoms with Crippen LogP contribution < -0.4 is 19.1 Å². The maximum absolute atomic E-state index is 13.1. The summed E-state index contributed by atoms with van der Waals surface area (Å²) in [4.78, 5) is 12.4. The molecule has 0 radical (unpaired) electrons. The Bertz CT molecular complexity index is 964. The number of nitrogens with zero attached hydrogens (tertiary/aromatic N) is 1. The fourth-order valence-corrected chi connectivity index (χ4v) is 4.01. The molecule has 0 spiro atoms. The Balaban J connectivity index is 1.99. The van der Waals surface area contributed by atoms with Crippen LogP contribution in [0.4, 0.5) is 10.1 Å². The molecule has 2 aromatic carbocycles. The number of halogens is 1. The van der Waals surface area contributed by atoms with Gasteiger partial charge in [0, 0.05) is 18.5 Å². The maximum atomic E-state index is 13.1. The second-order valence-electron chi connectivity index (χ2n) is 6.81. The molecule has 9 heteroatoms. The average molecular weight is 439 g/mol. The van der Waals surface area contributed by atoms with E-state index in [1.165, 1.54) is 24.3 Å². The highest BCUT2D eigenvalue weighted by Gasteiger charge is 2.19. The lowest BCUT2D eigenvalue weighted by molar-refractivity contribution is -0.121. The Kier molecular flexibility index (Phi) is 8.05. The second-order valence-corrected chi connectivity index (χ2v) is 8.72. The number of benzene rings is 2. The first kappa shape index (κ1) is 23.5. The molecule has 0 aromatic heterocycles. The molecule has 0 bridgehead atoms. The van der Waals surface area contributed by atoms with E-state index in [2.05, 4.69) is 5.32 Å². The van der Waals surface area contributed by atoms with Crippen molar-refractivity contribution < 1.29 is 27.1 Å². The fraction of sp³-hybridized carbons (Fsp3) is 0.381. The van der Waals surface area contributed by atoms with Gasteiger partial charge in [0.2, 0.25) is 15.9 Å². The van der Waals surface area contributed by atoms with Gasteiger partial charge in [0.15, 0.2) is 0 Å². The first-order valence-electron chi connectivity index (χ1n) is 9.40. The molecule has 1 N–H and O–H groups in total. The Morgan fingerprint density at radius 2 is 1.80 bits per heavy atom. The summed E-state index contributed by atoms with van der Waals surface area (Å²) in [5.74, 6) is 0.603. The van der Waals surface area contributed by atoms with Crippen molar-refractivity contribution in [3.63, 3.8) is 0 Å². The molecular weight excluding hydrogens is 411 g/mol. The van der Waals surface area contributed by atoms with E-state index in [4.69, 9.17) is 9.47 Å². The summed E-state index contributed by atoms with van der Waals surface area (Å²) in [6.45, 7) is 1.94. The molecule has 0 saturated carbocycles. The van der Waals surface area contributed by atoms with Crippen LogP contribution in [-0.4, -0.2) is 41.3 Å². The Morgan fingerprint density at radius 3 is 2.37 bits per heavy atom. The van der Waals surface area contributed by atoms with E-state index >= 15 is 0 Å². The van der Waals surface area contributed by atoms with Gasteiger partial charge in [-0.05, 0) is 55.8 Å². The highest BCUT2D eigenvalue weighted by molar-refractivity contribution is 7.92. The van der Waals surface area contributed by atoms with Crippen molar-refractivity contribution in [3.05, 3.63) is 53.8 Å². The number of sulfonamides is 1. The summed E-state index contributed by atoms with van der Waals surface area (Å²) in [5.41, 5.74) is 1.13. The summed E-state index contributed by atoms with van der Waals surface area (Å²) in [7, 11) is -0.453. The van der Waals surface area contributed by atoms with E-state index in [1.807, 2.05) is 6.92 Å². The Labute approximate surface area is 176 Å². The topological polar surface area (TPSA) is 84.9 Å². The van der Waals surface area contributed by atoms with Crippen LogP contribution in [0, 0.1) is 5.82 Å². The number of carbonyl (C=O) groups is 1. The zero-order valence-corrected chi connectivity index (χ0v) is 18.3. The zero-order chi connectivity index (χ0) is 22.3. The minimum Gasteiger partial charge on any atom is -0.497 e. The molecule has 0 aliphatic rings. The quantitative estimate of drug-likeness (QED) is 0.615. The summed E-state index contributed by atoms with van der Waals surface area (Å²) < 4.78 is 49.1. The summed E-state index contributed by atoms with van der Waals surface area (Å²) in [6.07, 6.45) is 1.51. The molecule has 30 heavy (non-hydrogen) atoms. The van der Waals surface area contributed by atoms with E-state index in [9.17, 15) is 17.6 Å². The lowest BCUT2D eigenvalue weighted by atomic mass is 10.1. The largest absolute Gasteiger partial charge is 0.497 e. The van der Waals surface area contributed by atoms with Crippen LogP contribution >= 0.6 is 0 Å². The van der Waals surface area contributed by atoms with Crippen molar-refractivity contribution in [2.45, 2.75) is 25.8 Å². The Hall–Kier alpha value is -2.81. The van der Waals surface area contributed by atoms with E-state index < -0.39 is 15.8 Å². The molecule has 0 aliphatic carbocycles. The van der Waals surface area contributed by atoms with Gasteiger partial charge in [-0.1, -0.05) is 0 Å². The third kappa shape index (κ3) is 6.35. The van der Waals surface area contributed by atoms with E-state index in [0.29, 0.717) is 23.6 Å². The van der Waals surface area contributed by atoms with E-state index in [-0.39, 0.29) is 24.9 Å². The monoisotopic (exact) mass is 438 g/mol. The number of hydrogen-bond acceptors (Lipinski definition) is 5. The number of hydrogen-bond donors (Lipinski definition) is 1. The molecule has 1 amide bonds. The third-order valence-electron chi connectivity index (χ3n) is 4.56. The standard InChI is InChI=1S/C21H27FN2O5S/c1-15(19-14-18(28-2)11-12-20(19)29-3)23-21(25)6-5-13-24(30(4,26)27)17-9-7-16(22)8-10-17/h7-12,14-15H,5-6,13H2,1-4H3,(H,23,25).